The minimum absolute atomic E-state index is 0.194. The normalized spacial score (nSPS) is 15.4. The molecule has 0 atom stereocenters. The Morgan fingerprint density at radius 3 is 2.50 bits per heavy atom. The van der Waals surface area contributed by atoms with E-state index >= 15 is 0 Å². The summed E-state index contributed by atoms with van der Waals surface area (Å²) in [5.41, 5.74) is 1.37. The van der Waals surface area contributed by atoms with Crippen LogP contribution in [0.15, 0.2) is 59.5 Å². The molecule has 0 unspecified atom stereocenters. The first-order chi connectivity index (χ1) is 14.4. The van der Waals surface area contributed by atoms with Gasteiger partial charge in [-0.2, -0.15) is 0 Å². The number of piperazine rings is 1. The molecule has 0 saturated carbocycles. The van der Waals surface area contributed by atoms with Gasteiger partial charge in [0.1, 0.15) is 5.75 Å². The topological polar surface area (TPSA) is 61.9 Å². The first-order valence-electron chi connectivity index (χ1n) is 9.70. The molecule has 0 aliphatic carbocycles. The number of benzene rings is 3. The van der Waals surface area contributed by atoms with Crippen LogP contribution in [0.4, 0.5) is 11.4 Å². The van der Waals surface area contributed by atoms with Gasteiger partial charge >= 0.3 is 0 Å². The molecule has 1 heterocycles. The number of nitrogens with one attached hydrogen (secondary N) is 1. The van der Waals surface area contributed by atoms with E-state index in [-0.39, 0.29) is 4.90 Å². The first kappa shape index (κ1) is 20.8. The molecule has 0 aromatic heterocycles. The quantitative estimate of drug-likeness (QED) is 0.641. The second kappa shape index (κ2) is 8.34. The Morgan fingerprint density at radius 1 is 1.00 bits per heavy atom. The van der Waals surface area contributed by atoms with Crippen molar-refractivity contribution in [2.24, 2.45) is 0 Å². The molecule has 8 heteroatoms. The summed E-state index contributed by atoms with van der Waals surface area (Å²) in [7, 11) is -0.0923. The Hall–Kier alpha value is -2.48. The van der Waals surface area contributed by atoms with Gasteiger partial charge in [0.05, 0.1) is 23.4 Å². The number of ether oxygens (including phenoxy) is 1. The second-order valence-electron chi connectivity index (χ2n) is 7.40. The Labute approximate surface area is 182 Å². The molecule has 1 aliphatic rings. The van der Waals surface area contributed by atoms with Gasteiger partial charge in [0.2, 0.25) is 0 Å². The van der Waals surface area contributed by atoms with E-state index in [1.807, 2.05) is 18.2 Å². The van der Waals surface area contributed by atoms with Crippen molar-refractivity contribution in [3.05, 3.63) is 59.6 Å². The number of anilines is 2. The van der Waals surface area contributed by atoms with Gasteiger partial charge in [0, 0.05) is 36.6 Å². The minimum atomic E-state index is -3.81. The summed E-state index contributed by atoms with van der Waals surface area (Å²) in [5.74, 6) is 0.722. The fourth-order valence-corrected chi connectivity index (χ4v) is 5.15. The summed E-state index contributed by atoms with van der Waals surface area (Å²) < 4.78 is 34.7. The molecule has 1 fully saturated rings. The maximum Gasteiger partial charge on any atom is 0.262 e. The van der Waals surface area contributed by atoms with Crippen molar-refractivity contribution in [2.75, 3.05) is 50.0 Å². The highest BCUT2D eigenvalue weighted by Gasteiger charge is 2.21. The van der Waals surface area contributed by atoms with Crippen LogP contribution in [0, 0.1) is 0 Å². The second-order valence-corrected chi connectivity index (χ2v) is 9.49. The molecule has 0 bridgehead atoms. The Bertz CT molecular complexity index is 1180. The first-order valence-corrected chi connectivity index (χ1v) is 11.6. The molecule has 0 amide bonds. The maximum atomic E-state index is 13.2. The number of rotatable bonds is 5. The van der Waals surface area contributed by atoms with Crippen LogP contribution in [0.1, 0.15) is 0 Å². The third-order valence-corrected chi connectivity index (χ3v) is 7.04. The van der Waals surface area contributed by atoms with Crippen molar-refractivity contribution in [1.29, 1.82) is 0 Å². The number of hydrogen-bond donors (Lipinski definition) is 1. The molecule has 30 heavy (non-hydrogen) atoms. The molecule has 3 aromatic rings. The van der Waals surface area contributed by atoms with Crippen molar-refractivity contribution in [3.63, 3.8) is 0 Å². The summed E-state index contributed by atoms with van der Waals surface area (Å²) in [6, 6.07) is 15.8. The predicted octanol–water partition coefficient (Wildman–Crippen LogP) is 4.05. The standard InChI is InChI=1S/C22H24ClN3O3S/c1-25-10-12-26(13-11-25)20-15-18(8-9-21(20)29-2)24-30(27,28)22-5-3-4-16-6-7-17(23)14-19(16)22/h3-9,14-15,24H,10-13H2,1-2H3. The summed E-state index contributed by atoms with van der Waals surface area (Å²) in [5, 5.41) is 1.90. The maximum absolute atomic E-state index is 13.2. The van der Waals surface area contributed by atoms with Crippen LogP contribution in [0.2, 0.25) is 5.02 Å². The lowest BCUT2D eigenvalue weighted by Gasteiger charge is -2.35. The number of nitrogens with zero attached hydrogens (tertiary/aromatic N) is 2. The monoisotopic (exact) mass is 445 g/mol. The van der Waals surface area contributed by atoms with E-state index in [2.05, 4.69) is 21.6 Å². The molecule has 158 valence electrons. The molecule has 1 N–H and O–H groups in total. The van der Waals surface area contributed by atoms with Gasteiger partial charge in [-0.15, -0.1) is 0 Å². The van der Waals surface area contributed by atoms with Gasteiger partial charge < -0.3 is 14.5 Å². The molecule has 0 spiro atoms. The van der Waals surface area contributed by atoms with Gasteiger partial charge in [-0.1, -0.05) is 29.8 Å². The van der Waals surface area contributed by atoms with Gasteiger partial charge in [0.25, 0.3) is 10.0 Å². The minimum Gasteiger partial charge on any atom is -0.495 e. The average Bonchev–Trinajstić information content (AvgIpc) is 2.73. The Kier molecular flexibility index (Phi) is 5.77. The SMILES string of the molecule is COc1ccc(NS(=O)(=O)c2cccc3ccc(Cl)cc23)cc1N1CCN(C)CC1. The highest BCUT2D eigenvalue weighted by atomic mass is 35.5. The van der Waals surface area contributed by atoms with Crippen molar-refractivity contribution >= 4 is 43.8 Å². The van der Waals surface area contributed by atoms with E-state index in [1.54, 1.807) is 43.5 Å². The number of sulfonamides is 1. The number of hydrogen-bond acceptors (Lipinski definition) is 5. The van der Waals surface area contributed by atoms with E-state index in [0.29, 0.717) is 16.1 Å². The molecule has 4 rings (SSSR count). The number of likely N-dealkylation sites (N-methyl/N-ethyl adjacent to an activating group) is 1. The van der Waals surface area contributed by atoms with Gasteiger partial charge in [0.15, 0.2) is 0 Å². The molecule has 1 saturated heterocycles. The van der Waals surface area contributed by atoms with Crippen LogP contribution in [0.25, 0.3) is 10.8 Å². The average molecular weight is 446 g/mol. The smallest absolute Gasteiger partial charge is 0.262 e. The lowest BCUT2D eigenvalue weighted by molar-refractivity contribution is 0.311. The molecule has 1 aliphatic heterocycles. The van der Waals surface area contributed by atoms with Crippen LogP contribution < -0.4 is 14.4 Å². The zero-order chi connectivity index (χ0) is 21.3. The van der Waals surface area contributed by atoms with E-state index < -0.39 is 10.0 Å². The van der Waals surface area contributed by atoms with Crippen LogP contribution in [-0.2, 0) is 10.0 Å². The van der Waals surface area contributed by atoms with Crippen molar-refractivity contribution in [1.82, 2.24) is 4.90 Å². The largest absolute Gasteiger partial charge is 0.495 e. The van der Waals surface area contributed by atoms with Crippen LogP contribution in [0.3, 0.4) is 0 Å². The molecular formula is C22H24ClN3O3S. The van der Waals surface area contributed by atoms with E-state index in [4.69, 9.17) is 16.3 Å². The summed E-state index contributed by atoms with van der Waals surface area (Å²) >= 11 is 6.11. The number of fused-ring (bicyclic) bond motifs is 1. The van der Waals surface area contributed by atoms with E-state index in [1.165, 1.54) is 0 Å². The number of methoxy groups -OCH3 is 1. The molecule has 6 nitrogen and oxygen atoms in total. The van der Waals surface area contributed by atoms with Gasteiger partial charge in [-0.25, -0.2) is 8.42 Å². The third-order valence-electron chi connectivity index (χ3n) is 5.37. The third kappa shape index (κ3) is 4.19. The Balaban J connectivity index is 1.69. The van der Waals surface area contributed by atoms with Crippen molar-refractivity contribution in [2.45, 2.75) is 4.90 Å². The zero-order valence-electron chi connectivity index (χ0n) is 16.9. The fourth-order valence-electron chi connectivity index (χ4n) is 3.71. The van der Waals surface area contributed by atoms with E-state index in [9.17, 15) is 8.42 Å². The van der Waals surface area contributed by atoms with Crippen LogP contribution in [-0.4, -0.2) is 53.7 Å². The molecule has 3 aromatic carbocycles. The molecular weight excluding hydrogens is 422 g/mol. The van der Waals surface area contributed by atoms with Gasteiger partial charge in [-0.05, 0) is 48.8 Å². The van der Waals surface area contributed by atoms with E-state index in [0.717, 1.165) is 43.0 Å². The van der Waals surface area contributed by atoms with Crippen LogP contribution in [0.5, 0.6) is 5.75 Å². The van der Waals surface area contributed by atoms with Crippen LogP contribution >= 0.6 is 11.6 Å². The molecule has 0 radical (unpaired) electrons. The summed E-state index contributed by atoms with van der Waals surface area (Å²) in [6.07, 6.45) is 0. The highest BCUT2D eigenvalue weighted by molar-refractivity contribution is 7.93. The van der Waals surface area contributed by atoms with Crippen molar-refractivity contribution in [3.8, 4) is 5.75 Å². The summed E-state index contributed by atoms with van der Waals surface area (Å²) in [4.78, 5) is 4.68. The fraction of sp³-hybridized carbons (Fsp3) is 0.273. The zero-order valence-corrected chi connectivity index (χ0v) is 18.5. The lowest BCUT2D eigenvalue weighted by atomic mass is 10.1. The van der Waals surface area contributed by atoms with Crippen molar-refractivity contribution < 1.29 is 13.2 Å². The Morgan fingerprint density at radius 2 is 1.77 bits per heavy atom. The lowest BCUT2D eigenvalue weighted by Crippen LogP contribution is -2.44. The van der Waals surface area contributed by atoms with Gasteiger partial charge in [-0.3, -0.25) is 4.72 Å². The number of halogens is 1. The summed E-state index contributed by atoms with van der Waals surface area (Å²) in [6.45, 7) is 3.58. The highest BCUT2D eigenvalue weighted by Crippen LogP contribution is 2.34. The predicted molar refractivity (Wildman–Crippen MR) is 122 cm³/mol.